The second-order valence-corrected chi connectivity index (χ2v) is 8.13. The monoisotopic (exact) mass is 492 g/mol. The number of aliphatic hydroxyl groups excluding tert-OH is 2. The highest BCUT2D eigenvalue weighted by Crippen LogP contribution is 2.39. The van der Waals surface area contributed by atoms with Crippen LogP contribution in [-0.2, 0) is 33.9 Å². The van der Waals surface area contributed by atoms with Crippen molar-refractivity contribution in [1.29, 1.82) is 0 Å². The SMILES string of the molecule is O=C(O)c1cc(O)c(O[C@H]2O[C@@H](COS(=O)(=O)O)[C@H](O)[C@H](OS(=O)(=O)O)[C@@H]2O)c(O)c1. The summed E-state index contributed by atoms with van der Waals surface area (Å²) >= 11 is 0. The highest BCUT2D eigenvalue weighted by molar-refractivity contribution is 7.81. The third-order valence-electron chi connectivity index (χ3n) is 3.79. The van der Waals surface area contributed by atoms with Crippen molar-refractivity contribution >= 4 is 26.8 Å². The average Bonchev–Trinajstić information content (AvgIpc) is 2.60. The van der Waals surface area contributed by atoms with Crippen molar-refractivity contribution in [3.63, 3.8) is 0 Å². The van der Waals surface area contributed by atoms with Gasteiger partial charge in [0.05, 0.1) is 12.2 Å². The molecule has 1 aromatic rings. The number of carboxylic acids is 1. The van der Waals surface area contributed by atoms with Crippen molar-refractivity contribution in [2.24, 2.45) is 0 Å². The van der Waals surface area contributed by atoms with E-state index in [1.54, 1.807) is 0 Å². The first-order valence-corrected chi connectivity index (χ1v) is 10.6. The summed E-state index contributed by atoms with van der Waals surface area (Å²) in [6.07, 6.45) is -10.7. The fraction of sp³-hybridized carbons (Fsp3) is 0.462. The van der Waals surface area contributed by atoms with Crippen LogP contribution in [0.5, 0.6) is 17.2 Å². The molecule has 0 radical (unpaired) electrons. The maximum absolute atomic E-state index is 11.0. The molecule has 2 rings (SSSR count). The minimum atomic E-state index is -5.29. The van der Waals surface area contributed by atoms with Gasteiger partial charge in [-0.2, -0.15) is 16.8 Å². The zero-order chi connectivity index (χ0) is 23.7. The predicted octanol–water partition coefficient (Wildman–Crippen LogP) is -2.37. The van der Waals surface area contributed by atoms with Crippen molar-refractivity contribution in [3.05, 3.63) is 17.7 Å². The first-order valence-electron chi connectivity index (χ1n) is 7.84. The van der Waals surface area contributed by atoms with Crippen LogP contribution in [0.2, 0.25) is 0 Å². The Hall–Kier alpha value is -2.29. The number of aliphatic hydroxyl groups is 2. The molecular weight excluding hydrogens is 476 g/mol. The number of hydrogen-bond acceptors (Lipinski definition) is 13. The Labute approximate surface area is 173 Å². The number of carbonyl (C=O) groups is 1. The van der Waals surface area contributed by atoms with Crippen LogP contribution in [0.4, 0.5) is 0 Å². The van der Waals surface area contributed by atoms with Crippen LogP contribution in [0.25, 0.3) is 0 Å². The fourth-order valence-electron chi connectivity index (χ4n) is 2.50. The van der Waals surface area contributed by atoms with Crippen LogP contribution in [0.1, 0.15) is 10.4 Å². The molecule has 0 unspecified atom stereocenters. The van der Waals surface area contributed by atoms with Crippen LogP contribution in [0.15, 0.2) is 12.1 Å². The van der Waals surface area contributed by atoms with Gasteiger partial charge in [0.25, 0.3) is 0 Å². The lowest BCUT2D eigenvalue weighted by atomic mass is 9.99. The van der Waals surface area contributed by atoms with Crippen LogP contribution in [0, 0.1) is 0 Å². The van der Waals surface area contributed by atoms with E-state index in [1.165, 1.54) is 0 Å². The van der Waals surface area contributed by atoms with Gasteiger partial charge in [0.2, 0.25) is 12.0 Å². The Balaban J connectivity index is 2.37. The van der Waals surface area contributed by atoms with Crippen LogP contribution in [0.3, 0.4) is 0 Å². The summed E-state index contributed by atoms with van der Waals surface area (Å²) in [6, 6.07) is 1.29. The third-order valence-corrected chi connectivity index (χ3v) is 4.69. The van der Waals surface area contributed by atoms with Crippen LogP contribution in [-0.4, -0.2) is 94.8 Å². The van der Waals surface area contributed by atoms with Crippen LogP contribution < -0.4 is 4.74 Å². The topological polar surface area (TPSA) is 264 Å². The first kappa shape index (κ1) is 25.0. The van der Waals surface area contributed by atoms with Crippen molar-refractivity contribution in [2.45, 2.75) is 30.7 Å². The summed E-state index contributed by atoms with van der Waals surface area (Å²) in [4.78, 5) is 10.9. The molecule has 5 atom stereocenters. The minimum absolute atomic E-state index is 0.560. The number of aromatic hydroxyl groups is 2. The van der Waals surface area contributed by atoms with Crippen LogP contribution >= 0.6 is 0 Å². The number of aromatic carboxylic acids is 1. The van der Waals surface area contributed by atoms with E-state index in [2.05, 4.69) is 8.37 Å². The van der Waals surface area contributed by atoms with Crippen molar-refractivity contribution < 1.29 is 74.1 Å². The maximum atomic E-state index is 11.0. The maximum Gasteiger partial charge on any atom is 0.397 e. The van der Waals surface area contributed by atoms with Crippen molar-refractivity contribution in [1.82, 2.24) is 0 Å². The Morgan fingerprint density at radius 3 is 2.00 bits per heavy atom. The molecule has 1 aliphatic rings. The van der Waals surface area contributed by atoms with E-state index >= 15 is 0 Å². The molecule has 176 valence electrons. The smallest absolute Gasteiger partial charge is 0.397 e. The van der Waals surface area contributed by atoms with Crippen molar-refractivity contribution in [3.8, 4) is 17.2 Å². The van der Waals surface area contributed by atoms with Gasteiger partial charge in [-0.15, -0.1) is 0 Å². The first-order chi connectivity index (χ1) is 14.1. The van der Waals surface area contributed by atoms with E-state index in [0.29, 0.717) is 12.1 Å². The molecule has 7 N–H and O–H groups in total. The molecule has 1 aromatic carbocycles. The highest BCUT2D eigenvalue weighted by Gasteiger charge is 2.49. The van der Waals surface area contributed by atoms with Gasteiger partial charge >= 0.3 is 26.8 Å². The van der Waals surface area contributed by atoms with Gasteiger partial charge in [-0.05, 0) is 12.1 Å². The third kappa shape index (κ3) is 6.59. The van der Waals surface area contributed by atoms with Crippen molar-refractivity contribution in [2.75, 3.05) is 6.61 Å². The van der Waals surface area contributed by atoms with E-state index < -0.39 is 86.9 Å². The largest absolute Gasteiger partial charge is 0.504 e. The number of carboxylic acid groups (broad SMARTS) is 1. The van der Waals surface area contributed by atoms with Gasteiger partial charge < -0.3 is 35.0 Å². The second-order valence-electron chi connectivity index (χ2n) is 5.99. The van der Waals surface area contributed by atoms with E-state index in [1.807, 2.05) is 0 Å². The van der Waals surface area contributed by atoms with Gasteiger partial charge in [-0.25, -0.2) is 13.2 Å². The average molecular weight is 492 g/mol. The summed E-state index contributed by atoms with van der Waals surface area (Å²) in [7, 11) is -10.3. The molecule has 1 fully saturated rings. The number of rotatable bonds is 8. The molecule has 0 saturated carbocycles. The second kappa shape index (κ2) is 9.06. The summed E-state index contributed by atoms with van der Waals surface area (Å²) in [5.41, 5.74) is -0.560. The van der Waals surface area contributed by atoms with Gasteiger partial charge in [-0.1, -0.05) is 0 Å². The quantitative estimate of drug-likeness (QED) is 0.187. The molecule has 18 heteroatoms. The normalized spacial score (nSPS) is 27.0. The summed E-state index contributed by atoms with van der Waals surface area (Å²) in [5, 5.41) is 48.9. The molecule has 1 aliphatic heterocycles. The molecular formula is C13H16O16S2. The van der Waals surface area contributed by atoms with Gasteiger partial charge in [-0.3, -0.25) is 9.11 Å². The predicted molar refractivity (Wildman–Crippen MR) is 92.0 cm³/mol. The fourth-order valence-corrected chi connectivity index (χ4v) is 3.32. The van der Waals surface area contributed by atoms with Gasteiger partial charge in [0.1, 0.15) is 24.4 Å². The number of ether oxygens (including phenoxy) is 2. The molecule has 31 heavy (non-hydrogen) atoms. The standard InChI is InChI=1S/C13H16O16S2/c14-5-1-4(12(18)19)2-6(15)10(5)28-13-9(17)11(29-31(23,24)25)8(16)7(27-13)3-26-30(20,21)22/h1-2,7-9,11,13-17H,3H2,(H,18,19)(H,20,21,22)(H,23,24,25)/t7-,8-,9-,11-,13+/m0/s1. The number of phenols is 2. The zero-order valence-electron chi connectivity index (χ0n) is 14.9. The molecule has 0 bridgehead atoms. The summed E-state index contributed by atoms with van der Waals surface area (Å²) in [6.45, 7) is -1.16. The molecule has 16 nitrogen and oxygen atoms in total. The molecule has 1 saturated heterocycles. The molecule has 1 heterocycles. The lowest BCUT2D eigenvalue weighted by Crippen LogP contribution is -2.61. The molecule has 0 spiro atoms. The van der Waals surface area contributed by atoms with E-state index in [0.717, 1.165) is 0 Å². The Bertz CT molecular complexity index is 1010. The lowest BCUT2D eigenvalue weighted by molar-refractivity contribution is -0.271. The highest BCUT2D eigenvalue weighted by atomic mass is 32.3. The number of benzene rings is 1. The minimum Gasteiger partial charge on any atom is -0.504 e. The summed E-state index contributed by atoms with van der Waals surface area (Å²) in [5.74, 6) is -4.31. The summed E-state index contributed by atoms with van der Waals surface area (Å²) < 4.78 is 79.2. The Morgan fingerprint density at radius 2 is 1.55 bits per heavy atom. The molecule has 0 aromatic heterocycles. The Morgan fingerprint density at radius 1 is 1.00 bits per heavy atom. The number of hydrogen-bond donors (Lipinski definition) is 7. The van der Waals surface area contributed by atoms with E-state index in [9.17, 15) is 42.1 Å². The van der Waals surface area contributed by atoms with E-state index in [-0.39, 0.29) is 0 Å². The zero-order valence-corrected chi connectivity index (χ0v) is 16.5. The van der Waals surface area contributed by atoms with E-state index in [4.69, 9.17) is 23.7 Å². The van der Waals surface area contributed by atoms with Gasteiger partial charge in [0, 0.05) is 0 Å². The Kier molecular flexibility index (Phi) is 7.30. The lowest BCUT2D eigenvalue weighted by Gasteiger charge is -2.40. The van der Waals surface area contributed by atoms with Gasteiger partial charge in [0.15, 0.2) is 11.5 Å². The molecule has 0 aliphatic carbocycles. The molecule has 0 amide bonds. The number of phenolic OH excluding ortho intramolecular Hbond substituents is 2.